The highest BCUT2D eigenvalue weighted by molar-refractivity contribution is 14.0. The Morgan fingerprint density at radius 1 is 1.19 bits per heavy atom. The average molecular weight is 537 g/mol. The summed E-state index contributed by atoms with van der Waals surface area (Å²) in [6, 6.07) is 10.6. The van der Waals surface area contributed by atoms with Crippen LogP contribution in [-0.4, -0.2) is 44.7 Å². The van der Waals surface area contributed by atoms with E-state index >= 15 is 0 Å². The van der Waals surface area contributed by atoms with E-state index in [9.17, 15) is 0 Å². The summed E-state index contributed by atoms with van der Waals surface area (Å²) in [7, 11) is 3.51. The van der Waals surface area contributed by atoms with Gasteiger partial charge in [0.25, 0.3) is 0 Å². The Labute approximate surface area is 203 Å². The van der Waals surface area contributed by atoms with Gasteiger partial charge in [0.2, 0.25) is 0 Å². The normalized spacial score (nSPS) is 14.7. The third kappa shape index (κ3) is 7.55. The second-order valence-corrected chi connectivity index (χ2v) is 8.11. The number of hydrogen-bond donors (Lipinski definition) is 2. The van der Waals surface area contributed by atoms with Crippen molar-refractivity contribution in [1.82, 2.24) is 15.6 Å². The van der Waals surface area contributed by atoms with E-state index < -0.39 is 0 Å². The lowest BCUT2D eigenvalue weighted by Crippen LogP contribution is -2.38. The van der Waals surface area contributed by atoms with Crippen LogP contribution in [0.2, 0.25) is 0 Å². The number of guanidine groups is 1. The quantitative estimate of drug-likeness (QED) is 0.316. The summed E-state index contributed by atoms with van der Waals surface area (Å²) in [5.74, 6) is 3.63. The average Bonchev–Trinajstić information content (AvgIpc) is 2.77. The SMILES string of the molecule is CN=C(NCCc1cc(C)ccc1OC)NCc1ccc(N2CCC(C)CC2)nc1.I. The van der Waals surface area contributed by atoms with Crippen LogP contribution >= 0.6 is 24.0 Å². The number of anilines is 1. The number of piperidine rings is 1. The lowest BCUT2D eigenvalue weighted by Gasteiger charge is -2.31. The summed E-state index contributed by atoms with van der Waals surface area (Å²) in [5, 5.41) is 6.75. The molecule has 2 heterocycles. The molecule has 2 N–H and O–H groups in total. The van der Waals surface area contributed by atoms with Crippen LogP contribution in [0.4, 0.5) is 5.82 Å². The first-order chi connectivity index (χ1) is 14.6. The van der Waals surface area contributed by atoms with Crippen molar-refractivity contribution in [2.75, 3.05) is 38.7 Å². The molecule has 0 amide bonds. The molecule has 1 aliphatic heterocycles. The van der Waals surface area contributed by atoms with Crippen molar-refractivity contribution in [2.45, 2.75) is 39.7 Å². The van der Waals surface area contributed by atoms with Crippen LogP contribution < -0.4 is 20.3 Å². The molecule has 2 aromatic rings. The molecule has 1 aromatic carbocycles. The molecule has 0 spiro atoms. The number of methoxy groups -OCH3 is 1. The minimum absolute atomic E-state index is 0. The number of rotatable bonds is 7. The summed E-state index contributed by atoms with van der Waals surface area (Å²) < 4.78 is 5.46. The zero-order valence-electron chi connectivity index (χ0n) is 19.1. The Balaban J connectivity index is 0.00000341. The van der Waals surface area contributed by atoms with Crippen LogP contribution in [0, 0.1) is 12.8 Å². The van der Waals surface area contributed by atoms with Gasteiger partial charge in [0.1, 0.15) is 11.6 Å². The van der Waals surface area contributed by atoms with Gasteiger partial charge in [-0.15, -0.1) is 24.0 Å². The second-order valence-electron chi connectivity index (χ2n) is 8.11. The summed E-state index contributed by atoms with van der Waals surface area (Å²) in [6.07, 6.45) is 5.34. The van der Waals surface area contributed by atoms with Crippen molar-refractivity contribution in [3.8, 4) is 5.75 Å². The van der Waals surface area contributed by atoms with E-state index in [-0.39, 0.29) is 24.0 Å². The van der Waals surface area contributed by atoms with E-state index in [0.717, 1.165) is 55.1 Å². The largest absolute Gasteiger partial charge is 0.496 e. The number of halogens is 1. The molecule has 0 atom stereocenters. The smallest absolute Gasteiger partial charge is 0.191 e. The first kappa shape index (κ1) is 25.2. The van der Waals surface area contributed by atoms with E-state index in [0.29, 0.717) is 6.54 Å². The van der Waals surface area contributed by atoms with E-state index in [2.05, 4.69) is 63.6 Å². The molecule has 0 radical (unpaired) electrons. The lowest BCUT2D eigenvalue weighted by atomic mass is 9.99. The Morgan fingerprint density at radius 2 is 1.97 bits per heavy atom. The predicted molar refractivity (Wildman–Crippen MR) is 140 cm³/mol. The van der Waals surface area contributed by atoms with Crippen molar-refractivity contribution >= 4 is 35.8 Å². The molecule has 0 saturated carbocycles. The molecular formula is C24H36IN5O. The molecule has 6 nitrogen and oxygen atoms in total. The number of nitrogens with one attached hydrogen (secondary N) is 2. The van der Waals surface area contributed by atoms with Crippen molar-refractivity contribution in [3.05, 3.63) is 53.2 Å². The number of ether oxygens (including phenoxy) is 1. The number of nitrogens with zero attached hydrogens (tertiary/aromatic N) is 3. The molecule has 0 unspecified atom stereocenters. The molecule has 0 aliphatic carbocycles. The van der Waals surface area contributed by atoms with Crippen LogP contribution in [0.25, 0.3) is 0 Å². The highest BCUT2D eigenvalue weighted by Crippen LogP contribution is 2.21. The van der Waals surface area contributed by atoms with Crippen LogP contribution in [0.5, 0.6) is 5.75 Å². The molecule has 1 aliphatic rings. The van der Waals surface area contributed by atoms with Crippen LogP contribution in [0.15, 0.2) is 41.5 Å². The molecule has 0 bridgehead atoms. The third-order valence-corrected chi connectivity index (χ3v) is 5.72. The van der Waals surface area contributed by atoms with Gasteiger partial charge in [-0.25, -0.2) is 4.98 Å². The lowest BCUT2D eigenvalue weighted by molar-refractivity contribution is 0.409. The fourth-order valence-corrected chi connectivity index (χ4v) is 3.77. The standard InChI is InChI=1S/C24H35N5O.HI/c1-18-10-13-29(14-11-18)23-8-6-20(16-27-23)17-28-24(25-3)26-12-9-21-15-19(2)5-7-22(21)30-4;/h5-8,15-16,18H,9-14,17H2,1-4H3,(H2,25,26,28);1H. The topological polar surface area (TPSA) is 61.8 Å². The van der Waals surface area contributed by atoms with E-state index in [1.807, 2.05) is 12.3 Å². The highest BCUT2D eigenvalue weighted by Gasteiger charge is 2.16. The van der Waals surface area contributed by atoms with Crippen molar-refractivity contribution in [3.63, 3.8) is 0 Å². The number of aliphatic imine (C=N–C) groups is 1. The van der Waals surface area contributed by atoms with Crippen molar-refractivity contribution < 1.29 is 4.74 Å². The van der Waals surface area contributed by atoms with Gasteiger partial charge in [-0.2, -0.15) is 0 Å². The fraction of sp³-hybridized carbons (Fsp3) is 0.500. The maximum Gasteiger partial charge on any atom is 0.191 e. The summed E-state index contributed by atoms with van der Waals surface area (Å²) in [4.78, 5) is 11.4. The fourth-order valence-electron chi connectivity index (χ4n) is 3.77. The predicted octanol–water partition coefficient (Wildman–Crippen LogP) is 4.16. The maximum absolute atomic E-state index is 5.46. The zero-order valence-corrected chi connectivity index (χ0v) is 21.5. The van der Waals surface area contributed by atoms with Gasteiger partial charge in [0.05, 0.1) is 7.11 Å². The van der Waals surface area contributed by atoms with Crippen molar-refractivity contribution in [2.24, 2.45) is 10.9 Å². The second kappa shape index (κ2) is 12.7. The number of aromatic nitrogens is 1. The van der Waals surface area contributed by atoms with Gasteiger partial charge >= 0.3 is 0 Å². The Kier molecular flexibility index (Phi) is 10.4. The molecule has 1 fully saturated rings. The van der Waals surface area contributed by atoms with E-state index in [4.69, 9.17) is 4.74 Å². The van der Waals surface area contributed by atoms with Crippen LogP contribution in [0.1, 0.15) is 36.5 Å². The summed E-state index contributed by atoms with van der Waals surface area (Å²) >= 11 is 0. The first-order valence-corrected chi connectivity index (χ1v) is 10.9. The maximum atomic E-state index is 5.46. The molecular weight excluding hydrogens is 501 g/mol. The molecule has 1 saturated heterocycles. The first-order valence-electron chi connectivity index (χ1n) is 10.9. The minimum Gasteiger partial charge on any atom is -0.496 e. The number of aryl methyl sites for hydroxylation is 1. The van der Waals surface area contributed by atoms with Crippen molar-refractivity contribution in [1.29, 1.82) is 0 Å². The molecule has 31 heavy (non-hydrogen) atoms. The van der Waals surface area contributed by atoms with Crippen LogP contribution in [0.3, 0.4) is 0 Å². The molecule has 1 aromatic heterocycles. The third-order valence-electron chi connectivity index (χ3n) is 5.72. The van der Waals surface area contributed by atoms with Gasteiger partial charge in [-0.3, -0.25) is 4.99 Å². The molecule has 7 heteroatoms. The number of pyridine rings is 1. The highest BCUT2D eigenvalue weighted by atomic mass is 127. The monoisotopic (exact) mass is 537 g/mol. The number of hydrogen-bond acceptors (Lipinski definition) is 4. The van der Waals surface area contributed by atoms with E-state index in [1.54, 1.807) is 14.2 Å². The van der Waals surface area contributed by atoms with Gasteiger partial charge in [0.15, 0.2) is 5.96 Å². The zero-order chi connectivity index (χ0) is 21.3. The Morgan fingerprint density at radius 3 is 2.61 bits per heavy atom. The summed E-state index contributed by atoms with van der Waals surface area (Å²) in [6.45, 7) is 8.11. The van der Waals surface area contributed by atoms with Gasteiger partial charge < -0.3 is 20.3 Å². The summed E-state index contributed by atoms with van der Waals surface area (Å²) in [5.41, 5.74) is 3.59. The van der Waals surface area contributed by atoms with Gasteiger partial charge in [-0.1, -0.05) is 30.7 Å². The Bertz CT molecular complexity index is 832. The number of benzene rings is 1. The molecule has 170 valence electrons. The van der Waals surface area contributed by atoms with Crippen LogP contribution in [-0.2, 0) is 13.0 Å². The van der Waals surface area contributed by atoms with Gasteiger partial charge in [0, 0.05) is 39.4 Å². The Hall–Kier alpha value is -2.03. The van der Waals surface area contributed by atoms with Gasteiger partial charge in [-0.05, 0) is 55.4 Å². The van der Waals surface area contributed by atoms with E-state index in [1.165, 1.54) is 24.0 Å². The minimum atomic E-state index is 0. The molecule has 3 rings (SSSR count).